The van der Waals surface area contributed by atoms with Crippen molar-refractivity contribution in [3.8, 4) is 5.75 Å². The van der Waals surface area contributed by atoms with Crippen LogP contribution in [0.3, 0.4) is 0 Å². The molecule has 140 valence electrons. The van der Waals surface area contributed by atoms with Crippen molar-refractivity contribution < 1.29 is 4.74 Å². The third-order valence-electron chi connectivity index (χ3n) is 5.55. The van der Waals surface area contributed by atoms with E-state index < -0.39 is 0 Å². The first-order valence-corrected chi connectivity index (χ1v) is 10.0. The Labute approximate surface area is 153 Å². The van der Waals surface area contributed by atoms with Crippen molar-refractivity contribution in [1.29, 1.82) is 0 Å². The smallest absolute Gasteiger partial charge is 0.119 e. The fourth-order valence-corrected chi connectivity index (χ4v) is 3.92. The molecular weight excluding hydrogens is 310 g/mol. The fourth-order valence-electron chi connectivity index (χ4n) is 3.92. The summed E-state index contributed by atoms with van der Waals surface area (Å²) >= 11 is 0. The first-order chi connectivity index (χ1) is 12.2. The SMILES string of the molecule is C[C@@H]1CCCN(CCCOc2ccc(CN3CCN(C)CC3)cc2)C1. The normalized spacial score (nSPS) is 23.7. The largest absolute Gasteiger partial charge is 0.494 e. The van der Waals surface area contributed by atoms with Crippen molar-refractivity contribution >= 4 is 0 Å². The molecule has 1 aromatic rings. The molecular formula is C21H35N3O. The molecule has 0 N–H and O–H groups in total. The Morgan fingerprint density at radius 3 is 2.48 bits per heavy atom. The lowest BCUT2D eigenvalue weighted by Crippen LogP contribution is -2.43. The molecule has 0 amide bonds. The quantitative estimate of drug-likeness (QED) is 0.707. The first kappa shape index (κ1) is 18.7. The number of nitrogens with zero attached hydrogens (tertiary/aromatic N) is 3. The Morgan fingerprint density at radius 1 is 1.00 bits per heavy atom. The lowest BCUT2D eigenvalue weighted by molar-refractivity contribution is 0.148. The van der Waals surface area contributed by atoms with Gasteiger partial charge in [0.25, 0.3) is 0 Å². The highest BCUT2D eigenvalue weighted by Crippen LogP contribution is 2.17. The molecule has 2 aliphatic rings. The summed E-state index contributed by atoms with van der Waals surface area (Å²) in [5.74, 6) is 1.87. The maximum atomic E-state index is 5.94. The molecule has 1 atom stereocenters. The predicted octanol–water partition coefficient (Wildman–Crippen LogP) is 2.93. The predicted molar refractivity (Wildman–Crippen MR) is 104 cm³/mol. The summed E-state index contributed by atoms with van der Waals surface area (Å²) in [6, 6.07) is 8.71. The molecule has 4 heteroatoms. The third-order valence-corrected chi connectivity index (χ3v) is 5.55. The minimum atomic E-state index is 0.822. The van der Waals surface area contributed by atoms with Crippen LogP contribution in [0.5, 0.6) is 5.75 Å². The zero-order valence-electron chi connectivity index (χ0n) is 16.1. The van der Waals surface area contributed by atoms with Crippen LogP contribution in [-0.2, 0) is 6.54 Å². The molecule has 2 fully saturated rings. The average Bonchev–Trinajstić information content (AvgIpc) is 2.62. The van der Waals surface area contributed by atoms with Gasteiger partial charge in [0.15, 0.2) is 0 Å². The average molecular weight is 346 g/mol. The topological polar surface area (TPSA) is 19.0 Å². The fraction of sp³-hybridized carbons (Fsp3) is 0.714. The van der Waals surface area contributed by atoms with Gasteiger partial charge in [-0.15, -0.1) is 0 Å². The van der Waals surface area contributed by atoms with Crippen LogP contribution < -0.4 is 4.74 Å². The number of likely N-dealkylation sites (tertiary alicyclic amines) is 1. The van der Waals surface area contributed by atoms with Crippen molar-refractivity contribution in [2.24, 2.45) is 5.92 Å². The van der Waals surface area contributed by atoms with E-state index in [4.69, 9.17) is 4.74 Å². The Kier molecular flexibility index (Phi) is 7.14. The second-order valence-corrected chi connectivity index (χ2v) is 7.97. The summed E-state index contributed by atoms with van der Waals surface area (Å²) in [6.07, 6.45) is 3.88. The molecule has 25 heavy (non-hydrogen) atoms. The van der Waals surface area contributed by atoms with Crippen LogP contribution in [0.25, 0.3) is 0 Å². The molecule has 2 saturated heterocycles. The van der Waals surface area contributed by atoms with E-state index >= 15 is 0 Å². The molecule has 4 nitrogen and oxygen atoms in total. The molecule has 0 aromatic heterocycles. The van der Waals surface area contributed by atoms with E-state index in [-0.39, 0.29) is 0 Å². The zero-order chi connectivity index (χ0) is 17.5. The lowest BCUT2D eigenvalue weighted by Gasteiger charge is -2.32. The van der Waals surface area contributed by atoms with Gasteiger partial charge < -0.3 is 14.5 Å². The van der Waals surface area contributed by atoms with E-state index in [1.54, 1.807) is 0 Å². The van der Waals surface area contributed by atoms with Gasteiger partial charge in [0.05, 0.1) is 6.61 Å². The van der Waals surface area contributed by atoms with Crippen LogP contribution in [0.15, 0.2) is 24.3 Å². The first-order valence-electron chi connectivity index (χ1n) is 10.0. The van der Waals surface area contributed by atoms with Gasteiger partial charge in [-0.1, -0.05) is 19.1 Å². The number of benzene rings is 1. The van der Waals surface area contributed by atoms with Gasteiger partial charge in [-0.2, -0.15) is 0 Å². The number of piperidine rings is 1. The number of rotatable bonds is 7. The summed E-state index contributed by atoms with van der Waals surface area (Å²) in [6.45, 7) is 12.6. The van der Waals surface area contributed by atoms with Gasteiger partial charge in [-0.05, 0) is 56.5 Å². The second kappa shape index (κ2) is 9.56. The number of hydrogen-bond donors (Lipinski definition) is 0. The zero-order valence-corrected chi connectivity index (χ0v) is 16.1. The summed E-state index contributed by atoms with van der Waals surface area (Å²) in [5, 5.41) is 0. The van der Waals surface area contributed by atoms with Gasteiger partial charge in [0.2, 0.25) is 0 Å². The highest BCUT2D eigenvalue weighted by molar-refractivity contribution is 5.27. The number of piperazine rings is 1. The van der Waals surface area contributed by atoms with Crippen LogP contribution in [0.4, 0.5) is 0 Å². The molecule has 0 spiro atoms. The molecule has 0 saturated carbocycles. The van der Waals surface area contributed by atoms with Gasteiger partial charge in [0, 0.05) is 45.8 Å². The van der Waals surface area contributed by atoms with E-state index in [2.05, 4.69) is 52.9 Å². The molecule has 1 aromatic carbocycles. The number of likely N-dealkylation sites (N-methyl/N-ethyl adjacent to an activating group) is 1. The summed E-state index contributed by atoms with van der Waals surface area (Å²) in [5.41, 5.74) is 1.39. The van der Waals surface area contributed by atoms with Crippen LogP contribution >= 0.6 is 0 Å². The van der Waals surface area contributed by atoms with E-state index in [1.807, 2.05) is 0 Å². The number of ether oxygens (including phenoxy) is 1. The van der Waals surface area contributed by atoms with Crippen LogP contribution in [0.1, 0.15) is 31.7 Å². The number of hydrogen-bond acceptors (Lipinski definition) is 4. The van der Waals surface area contributed by atoms with E-state index in [0.717, 1.165) is 31.2 Å². The van der Waals surface area contributed by atoms with Crippen molar-refractivity contribution in [3.63, 3.8) is 0 Å². The van der Waals surface area contributed by atoms with Crippen molar-refractivity contribution in [1.82, 2.24) is 14.7 Å². The van der Waals surface area contributed by atoms with E-state index in [9.17, 15) is 0 Å². The Hall–Kier alpha value is -1.10. The molecule has 2 heterocycles. The lowest BCUT2D eigenvalue weighted by atomic mass is 10.0. The van der Waals surface area contributed by atoms with E-state index in [0.29, 0.717) is 0 Å². The molecule has 3 rings (SSSR count). The highest BCUT2D eigenvalue weighted by Gasteiger charge is 2.15. The van der Waals surface area contributed by atoms with E-state index in [1.165, 1.54) is 64.2 Å². The molecule has 0 aliphatic carbocycles. The standard InChI is InChI=1S/C21H35N3O/c1-19-5-3-10-23(17-19)11-4-16-25-21-8-6-20(7-9-21)18-24-14-12-22(2)13-15-24/h6-9,19H,3-5,10-18H2,1-2H3/t19-/m1/s1. The molecule has 0 radical (unpaired) electrons. The van der Waals surface area contributed by atoms with Crippen molar-refractivity contribution in [2.45, 2.75) is 32.7 Å². The third kappa shape index (κ3) is 6.28. The Bertz CT molecular complexity index is 496. The Morgan fingerprint density at radius 2 is 1.76 bits per heavy atom. The highest BCUT2D eigenvalue weighted by atomic mass is 16.5. The maximum Gasteiger partial charge on any atom is 0.119 e. The van der Waals surface area contributed by atoms with Crippen LogP contribution in [0.2, 0.25) is 0 Å². The molecule has 2 aliphatic heterocycles. The van der Waals surface area contributed by atoms with Crippen LogP contribution in [0, 0.1) is 5.92 Å². The summed E-state index contributed by atoms with van der Waals surface area (Å²) in [7, 11) is 2.20. The Balaban J connectivity index is 1.33. The van der Waals surface area contributed by atoms with Crippen LogP contribution in [-0.4, -0.2) is 74.2 Å². The summed E-state index contributed by atoms with van der Waals surface area (Å²) < 4.78 is 5.94. The monoisotopic (exact) mass is 345 g/mol. The van der Waals surface area contributed by atoms with Gasteiger partial charge in [0.1, 0.15) is 5.75 Å². The summed E-state index contributed by atoms with van der Waals surface area (Å²) in [4.78, 5) is 7.53. The van der Waals surface area contributed by atoms with Gasteiger partial charge in [-0.25, -0.2) is 0 Å². The van der Waals surface area contributed by atoms with Crippen molar-refractivity contribution in [3.05, 3.63) is 29.8 Å². The van der Waals surface area contributed by atoms with Gasteiger partial charge >= 0.3 is 0 Å². The maximum absolute atomic E-state index is 5.94. The molecule has 0 unspecified atom stereocenters. The second-order valence-electron chi connectivity index (χ2n) is 7.97. The van der Waals surface area contributed by atoms with Gasteiger partial charge in [-0.3, -0.25) is 4.90 Å². The minimum absolute atomic E-state index is 0.822. The van der Waals surface area contributed by atoms with Crippen molar-refractivity contribution in [2.75, 3.05) is 59.5 Å². The molecule has 0 bridgehead atoms. The minimum Gasteiger partial charge on any atom is -0.494 e.